The molecule has 0 saturated heterocycles. The summed E-state index contributed by atoms with van der Waals surface area (Å²) >= 11 is 0. The molecule has 0 amide bonds. The number of hydrogen-bond donors (Lipinski definition) is 0. The number of benzene rings is 1. The number of ether oxygens (including phenoxy) is 1. The summed E-state index contributed by atoms with van der Waals surface area (Å²) in [6.07, 6.45) is 21.0. The average Bonchev–Trinajstić information content (AvgIpc) is 2.81. The van der Waals surface area contributed by atoms with Crippen molar-refractivity contribution in [3.63, 3.8) is 0 Å². The Hall–Kier alpha value is -0.980. The first-order valence-electron chi connectivity index (χ1n) is 13.5. The summed E-state index contributed by atoms with van der Waals surface area (Å²) in [5.41, 5.74) is 1.54. The van der Waals surface area contributed by atoms with Crippen LogP contribution in [-0.4, -0.2) is 6.61 Å². The minimum absolute atomic E-state index is 0.757. The van der Waals surface area contributed by atoms with Crippen molar-refractivity contribution in [1.29, 1.82) is 0 Å². The summed E-state index contributed by atoms with van der Waals surface area (Å²) in [6, 6.07) is 8.97. The van der Waals surface area contributed by atoms with Crippen molar-refractivity contribution < 1.29 is 4.74 Å². The highest BCUT2D eigenvalue weighted by Crippen LogP contribution is 2.47. The van der Waals surface area contributed by atoms with Crippen molar-refractivity contribution in [2.45, 2.75) is 110 Å². The zero-order valence-electron chi connectivity index (χ0n) is 19.8. The molecule has 1 aromatic carbocycles. The van der Waals surface area contributed by atoms with Gasteiger partial charge in [0.25, 0.3) is 0 Å². The van der Waals surface area contributed by atoms with E-state index in [0.29, 0.717) is 0 Å². The minimum atomic E-state index is 0.757. The average molecular weight is 411 g/mol. The molecule has 3 aliphatic rings. The first-order valence-corrected chi connectivity index (χ1v) is 13.5. The van der Waals surface area contributed by atoms with Crippen LogP contribution in [0.25, 0.3) is 0 Å². The zero-order valence-corrected chi connectivity index (χ0v) is 19.8. The van der Waals surface area contributed by atoms with Gasteiger partial charge in [0.05, 0.1) is 6.61 Å². The van der Waals surface area contributed by atoms with Crippen LogP contribution < -0.4 is 4.74 Å². The van der Waals surface area contributed by atoms with Crippen LogP contribution in [0.3, 0.4) is 0 Å². The van der Waals surface area contributed by atoms with Gasteiger partial charge in [-0.15, -0.1) is 0 Å². The van der Waals surface area contributed by atoms with Crippen LogP contribution in [0.1, 0.15) is 115 Å². The van der Waals surface area contributed by atoms with E-state index < -0.39 is 0 Å². The van der Waals surface area contributed by atoms with Gasteiger partial charge in [-0.05, 0) is 124 Å². The van der Waals surface area contributed by atoms with Crippen molar-refractivity contribution in [3.05, 3.63) is 29.8 Å². The zero-order chi connectivity index (χ0) is 20.8. The molecule has 0 heterocycles. The molecule has 0 radical (unpaired) electrons. The predicted octanol–water partition coefficient (Wildman–Crippen LogP) is 8.77. The molecular formula is C29H46O. The summed E-state index contributed by atoms with van der Waals surface area (Å²) < 4.78 is 5.61. The van der Waals surface area contributed by atoms with Gasteiger partial charge >= 0.3 is 0 Å². The summed E-state index contributed by atoms with van der Waals surface area (Å²) in [4.78, 5) is 0. The van der Waals surface area contributed by atoms with Gasteiger partial charge in [0.2, 0.25) is 0 Å². The van der Waals surface area contributed by atoms with Crippen LogP contribution in [0.5, 0.6) is 5.75 Å². The van der Waals surface area contributed by atoms with Crippen LogP contribution in [0, 0.1) is 29.6 Å². The number of rotatable bonds is 7. The van der Waals surface area contributed by atoms with Crippen molar-refractivity contribution in [2.75, 3.05) is 6.61 Å². The maximum atomic E-state index is 5.61. The minimum Gasteiger partial charge on any atom is -0.494 e. The smallest absolute Gasteiger partial charge is 0.119 e. The molecule has 30 heavy (non-hydrogen) atoms. The normalized spacial score (nSPS) is 35.1. The Kier molecular flexibility index (Phi) is 8.19. The maximum Gasteiger partial charge on any atom is 0.119 e. The molecule has 1 nitrogen and oxygen atoms in total. The third kappa shape index (κ3) is 5.63. The van der Waals surface area contributed by atoms with Crippen LogP contribution >= 0.6 is 0 Å². The molecule has 0 spiro atoms. The first kappa shape index (κ1) is 22.2. The van der Waals surface area contributed by atoms with Gasteiger partial charge in [0, 0.05) is 0 Å². The summed E-state index contributed by atoms with van der Waals surface area (Å²) in [5.74, 6) is 7.08. The van der Waals surface area contributed by atoms with Crippen molar-refractivity contribution in [2.24, 2.45) is 29.6 Å². The Morgan fingerprint density at radius 2 is 1.10 bits per heavy atom. The third-order valence-corrected chi connectivity index (χ3v) is 9.17. The molecule has 0 aromatic heterocycles. The van der Waals surface area contributed by atoms with Gasteiger partial charge in [0.1, 0.15) is 5.75 Å². The Balaban J connectivity index is 1.18. The molecule has 1 heteroatoms. The molecule has 1 aromatic rings. The fourth-order valence-electron chi connectivity index (χ4n) is 7.37. The molecule has 0 N–H and O–H groups in total. The lowest BCUT2D eigenvalue weighted by Gasteiger charge is -2.41. The van der Waals surface area contributed by atoms with E-state index in [1.165, 1.54) is 64.2 Å². The van der Waals surface area contributed by atoms with Crippen LogP contribution in [0.15, 0.2) is 24.3 Å². The second-order valence-electron chi connectivity index (χ2n) is 10.9. The van der Waals surface area contributed by atoms with E-state index in [9.17, 15) is 0 Å². The standard InChI is InChI=1S/C29H46O/c1-3-5-22-6-8-23(9-7-22)24-10-12-25(13-11-24)26-14-16-27(17-15-26)28-18-20-29(21-19-28)30-4-2/h18-27H,3-17H2,1-2H3. The van der Waals surface area contributed by atoms with Gasteiger partial charge in [-0.3, -0.25) is 0 Å². The maximum absolute atomic E-state index is 5.61. The predicted molar refractivity (Wildman–Crippen MR) is 128 cm³/mol. The lowest BCUT2D eigenvalue weighted by Crippen LogP contribution is -2.29. The molecule has 0 bridgehead atoms. The second-order valence-corrected chi connectivity index (χ2v) is 10.9. The van der Waals surface area contributed by atoms with E-state index in [1.807, 2.05) is 0 Å². The van der Waals surface area contributed by atoms with E-state index in [-0.39, 0.29) is 0 Å². The highest BCUT2D eigenvalue weighted by Gasteiger charge is 2.34. The van der Waals surface area contributed by atoms with Gasteiger partial charge < -0.3 is 4.74 Å². The fourth-order valence-corrected chi connectivity index (χ4v) is 7.37. The van der Waals surface area contributed by atoms with Gasteiger partial charge in [-0.1, -0.05) is 44.7 Å². The van der Waals surface area contributed by atoms with E-state index >= 15 is 0 Å². The lowest BCUT2D eigenvalue weighted by molar-refractivity contribution is 0.109. The SMILES string of the molecule is CCCC1CCC(C2CCC(C3CCC(c4ccc(OCC)cc4)CC3)CC2)CC1. The van der Waals surface area contributed by atoms with Crippen LogP contribution in [0.2, 0.25) is 0 Å². The molecule has 3 aliphatic carbocycles. The van der Waals surface area contributed by atoms with Crippen LogP contribution in [0.4, 0.5) is 0 Å². The first-order chi connectivity index (χ1) is 14.8. The fraction of sp³-hybridized carbons (Fsp3) is 0.793. The van der Waals surface area contributed by atoms with E-state index in [1.54, 1.807) is 31.2 Å². The van der Waals surface area contributed by atoms with Gasteiger partial charge in [0.15, 0.2) is 0 Å². The summed E-state index contributed by atoms with van der Waals surface area (Å²) in [5, 5.41) is 0. The molecule has 168 valence electrons. The van der Waals surface area contributed by atoms with Gasteiger partial charge in [-0.25, -0.2) is 0 Å². The largest absolute Gasteiger partial charge is 0.494 e. The highest BCUT2D eigenvalue weighted by atomic mass is 16.5. The third-order valence-electron chi connectivity index (χ3n) is 9.17. The van der Waals surface area contributed by atoms with Crippen molar-refractivity contribution >= 4 is 0 Å². The van der Waals surface area contributed by atoms with E-state index in [0.717, 1.165) is 47.9 Å². The monoisotopic (exact) mass is 410 g/mol. The Morgan fingerprint density at radius 1 is 0.633 bits per heavy atom. The van der Waals surface area contributed by atoms with Crippen molar-refractivity contribution in [3.8, 4) is 5.75 Å². The Morgan fingerprint density at radius 3 is 1.57 bits per heavy atom. The lowest BCUT2D eigenvalue weighted by atomic mass is 9.64. The molecule has 3 saturated carbocycles. The van der Waals surface area contributed by atoms with Gasteiger partial charge in [-0.2, -0.15) is 0 Å². The quantitative estimate of drug-likeness (QED) is 0.436. The molecule has 4 rings (SSSR count). The topological polar surface area (TPSA) is 9.23 Å². The van der Waals surface area contributed by atoms with Crippen LogP contribution in [-0.2, 0) is 0 Å². The molecular weight excluding hydrogens is 364 g/mol. The highest BCUT2D eigenvalue weighted by molar-refractivity contribution is 5.29. The molecule has 3 fully saturated rings. The molecule has 0 atom stereocenters. The molecule has 0 aliphatic heterocycles. The van der Waals surface area contributed by atoms with E-state index in [4.69, 9.17) is 4.74 Å². The molecule has 0 unspecified atom stereocenters. The summed E-state index contributed by atoms with van der Waals surface area (Å²) in [6.45, 7) is 5.17. The van der Waals surface area contributed by atoms with E-state index in [2.05, 4.69) is 38.1 Å². The Bertz CT molecular complexity index is 596. The summed E-state index contributed by atoms with van der Waals surface area (Å²) in [7, 11) is 0. The van der Waals surface area contributed by atoms with Crippen molar-refractivity contribution in [1.82, 2.24) is 0 Å². The second kappa shape index (κ2) is 11.1. The number of hydrogen-bond acceptors (Lipinski definition) is 1. The Labute approximate surface area is 186 Å².